The molecule has 0 spiro atoms. The summed E-state index contributed by atoms with van der Waals surface area (Å²) in [5.41, 5.74) is 5.39. The summed E-state index contributed by atoms with van der Waals surface area (Å²) in [5, 5.41) is 8.76. The van der Waals surface area contributed by atoms with E-state index in [9.17, 15) is 9.18 Å². The summed E-state index contributed by atoms with van der Waals surface area (Å²) in [6, 6.07) is 1.17. The molecule has 5 nitrogen and oxygen atoms in total. The zero-order valence-corrected chi connectivity index (χ0v) is 8.82. The van der Waals surface area contributed by atoms with E-state index in [-0.39, 0.29) is 21.6 Å². The molecule has 0 amide bonds. The molecular weight excluding hydrogens is 269 g/mol. The third-order valence-corrected chi connectivity index (χ3v) is 2.66. The maximum Gasteiger partial charge on any atom is 0.358 e. The van der Waals surface area contributed by atoms with Crippen LogP contribution in [0, 0.1) is 5.82 Å². The van der Waals surface area contributed by atoms with Crippen LogP contribution in [0.1, 0.15) is 10.5 Å². The molecule has 7 heteroatoms. The van der Waals surface area contributed by atoms with Gasteiger partial charge in [-0.2, -0.15) is 0 Å². The van der Waals surface area contributed by atoms with Gasteiger partial charge in [-0.3, -0.25) is 4.40 Å². The molecule has 0 aliphatic heterocycles. The standard InChI is InChI=1S/C8H5BrFN3O2/c9-4-3(10)1-2-13-6(11)5(8(14)15)12-7(4)13/h1-2H,11H2,(H,14,15). The maximum atomic E-state index is 13.1. The minimum Gasteiger partial charge on any atom is -0.476 e. The average molecular weight is 274 g/mol. The Morgan fingerprint density at radius 1 is 1.67 bits per heavy atom. The predicted octanol–water partition coefficient (Wildman–Crippen LogP) is 1.52. The number of carboxylic acids is 1. The van der Waals surface area contributed by atoms with Crippen molar-refractivity contribution in [2.45, 2.75) is 0 Å². The van der Waals surface area contributed by atoms with Crippen molar-refractivity contribution in [2.24, 2.45) is 0 Å². The molecule has 78 valence electrons. The lowest BCUT2D eigenvalue weighted by molar-refractivity contribution is 0.0692. The van der Waals surface area contributed by atoms with Gasteiger partial charge in [-0.25, -0.2) is 14.2 Å². The van der Waals surface area contributed by atoms with Crippen molar-refractivity contribution in [3.8, 4) is 0 Å². The number of nitrogen functional groups attached to an aromatic ring is 1. The molecule has 0 saturated carbocycles. The Kier molecular flexibility index (Phi) is 2.11. The van der Waals surface area contributed by atoms with Gasteiger partial charge in [0, 0.05) is 6.20 Å². The molecule has 2 heterocycles. The van der Waals surface area contributed by atoms with Gasteiger partial charge in [0.15, 0.2) is 11.3 Å². The number of imidazole rings is 1. The molecule has 0 fully saturated rings. The highest BCUT2D eigenvalue weighted by molar-refractivity contribution is 9.10. The summed E-state index contributed by atoms with van der Waals surface area (Å²) >= 11 is 2.97. The predicted molar refractivity (Wildman–Crippen MR) is 54.2 cm³/mol. The molecule has 2 aromatic heterocycles. The van der Waals surface area contributed by atoms with Gasteiger partial charge in [-0.1, -0.05) is 0 Å². The van der Waals surface area contributed by atoms with Crippen molar-refractivity contribution in [3.63, 3.8) is 0 Å². The summed E-state index contributed by atoms with van der Waals surface area (Å²) in [6.45, 7) is 0. The highest BCUT2D eigenvalue weighted by atomic mass is 79.9. The summed E-state index contributed by atoms with van der Waals surface area (Å²) < 4.78 is 14.5. The molecule has 2 aromatic rings. The third-order valence-electron chi connectivity index (χ3n) is 1.93. The van der Waals surface area contributed by atoms with Crippen molar-refractivity contribution >= 4 is 33.4 Å². The van der Waals surface area contributed by atoms with Crippen molar-refractivity contribution < 1.29 is 14.3 Å². The molecule has 0 aliphatic carbocycles. The van der Waals surface area contributed by atoms with Gasteiger partial charge in [0.2, 0.25) is 0 Å². The quantitative estimate of drug-likeness (QED) is 0.826. The number of fused-ring (bicyclic) bond motifs is 1. The topological polar surface area (TPSA) is 80.6 Å². The smallest absolute Gasteiger partial charge is 0.358 e. The second-order valence-electron chi connectivity index (χ2n) is 2.82. The molecule has 15 heavy (non-hydrogen) atoms. The normalized spacial score (nSPS) is 10.8. The molecule has 0 bridgehead atoms. The second kappa shape index (κ2) is 3.20. The molecule has 0 radical (unpaired) electrons. The Bertz CT molecular complexity index is 567. The second-order valence-corrected chi connectivity index (χ2v) is 3.62. The largest absolute Gasteiger partial charge is 0.476 e. The van der Waals surface area contributed by atoms with E-state index in [0.29, 0.717) is 0 Å². The summed E-state index contributed by atoms with van der Waals surface area (Å²) in [6.07, 6.45) is 1.32. The number of carbonyl (C=O) groups is 1. The van der Waals surface area contributed by atoms with Crippen molar-refractivity contribution in [3.05, 3.63) is 28.2 Å². The minimum absolute atomic E-state index is 0.0294. The van der Waals surface area contributed by atoms with E-state index < -0.39 is 11.8 Å². The van der Waals surface area contributed by atoms with Crippen LogP contribution in [0.25, 0.3) is 5.65 Å². The molecule has 0 atom stereocenters. The van der Waals surface area contributed by atoms with Crippen LogP contribution in [0.4, 0.5) is 10.2 Å². The minimum atomic E-state index is -1.25. The van der Waals surface area contributed by atoms with Gasteiger partial charge < -0.3 is 10.8 Å². The van der Waals surface area contributed by atoms with Crippen molar-refractivity contribution in [1.82, 2.24) is 9.38 Å². The first-order valence-electron chi connectivity index (χ1n) is 3.87. The number of nitrogens with two attached hydrogens (primary N) is 1. The fourth-order valence-electron chi connectivity index (χ4n) is 1.23. The Morgan fingerprint density at radius 2 is 2.33 bits per heavy atom. The number of hydrogen-bond donors (Lipinski definition) is 2. The van der Waals surface area contributed by atoms with Crippen LogP contribution >= 0.6 is 15.9 Å². The molecule has 3 N–H and O–H groups in total. The number of anilines is 1. The number of carboxylic acid groups (broad SMARTS) is 1. The number of pyridine rings is 1. The number of halogens is 2. The van der Waals surface area contributed by atoms with Gasteiger partial charge >= 0.3 is 5.97 Å². The first-order valence-corrected chi connectivity index (χ1v) is 4.66. The van der Waals surface area contributed by atoms with Gasteiger partial charge in [-0.05, 0) is 22.0 Å². The lowest BCUT2D eigenvalue weighted by Crippen LogP contribution is -2.02. The van der Waals surface area contributed by atoms with E-state index in [0.717, 1.165) is 0 Å². The number of aromatic carboxylic acids is 1. The number of hydrogen-bond acceptors (Lipinski definition) is 3. The lowest BCUT2D eigenvalue weighted by Gasteiger charge is -1.98. The number of aromatic nitrogens is 2. The van der Waals surface area contributed by atoms with Crippen LogP contribution in [0.15, 0.2) is 16.7 Å². The molecule has 0 aliphatic rings. The lowest BCUT2D eigenvalue weighted by atomic mass is 10.4. The Labute approximate surface area is 91.5 Å². The van der Waals surface area contributed by atoms with E-state index in [1.807, 2.05) is 0 Å². The molecule has 0 saturated heterocycles. The van der Waals surface area contributed by atoms with Crippen LogP contribution in [-0.4, -0.2) is 20.5 Å². The van der Waals surface area contributed by atoms with Gasteiger partial charge in [0.1, 0.15) is 11.6 Å². The molecular formula is C8H5BrFN3O2. The van der Waals surface area contributed by atoms with Crippen LogP contribution < -0.4 is 5.73 Å². The number of nitrogens with zero attached hydrogens (tertiary/aromatic N) is 2. The third kappa shape index (κ3) is 1.35. The SMILES string of the molecule is Nc1c(C(=O)O)nc2c(Br)c(F)ccn12. The highest BCUT2D eigenvalue weighted by Crippen LogP contribution is 2.24. The fraction of sp³-hybridized carbons (Fsp3) is 0. The van der Waals surface area contributed by atoms with E-state index in [4.69, 9.17) is 10.8 Å². The summed E-state index contributed by atoms with van der Waals surface area (Å²) in [4.78, 5) is 14.4. The zero-order chi connectivity index (χ0) is 11.2. The van der Waals surface area contributed by atoms with E-state index >= 15 is 0 Å². The summed E-state index contributed by atoms with van der Waals surface area (Å²) in [7, 11) is 0. The maximum absolute atomic E-state index is 13.1. The van der Waals surface area contributed by atoms with Gasteiger partial charge in [-0.15, -0.1) is 0 Å². The van der Waals surface area contributed by atoms with Gasteiger partial charge in [0.05, 0.1) is 4.47 Å². The van der Waals surface area contributed by atoms with Crippen molar-refractivity contribution in [2.75, 3.05) is 5.73 Å². The summed E-state index contributed by atoms with van der Waals surface area (Å²) in [5.74, 6) is -1.80. The van der Waals surface area contributed by atoms with Gasteiger partial charge in [0.25, 0.3) is 0 Å². The first kappa shape index (κ1) is 9.91. The van der Waals surface area contributed by atoms with Crippen LogP contribution in [0.2, 0.25) is 0 Å². The Hall–Kier alpha value is -1.63. The van der Waals surface area contributed by atoms with Crippen LogP contribution in [-0.2, 0) is 0 Å². The fourth-order valence-corrected chi connectivity index (χ4v) is 1.64. The van der Waals surface area contributed by atoms with E-state index in [1.165, 1.54) is 16.7 Å². The van der Waals surface area contributed by atoms with E-state index in [2.05, 4.69) is 20.9 Å². The Morgan fingerprint density at radius 3 is 2.93 bits per heavy atom. The van der Waals surface area contributed by atoms with Crippen LogP contribution in [0.5, 0.6) is 0 Å². The Balaban J connectivity index is 2.88. The van der Waals surface area contributed by atoms with Crippen molar-refractivity contribution in [1.29, 1.82) is 0 Å². The average Bonchev–Trinajstić information content (AvgIpc) is 2.51. The van der Waals surface area contributed by atoms with Crippen LogP contribution in [0.3, 0.4) is 0 Å². The monoisotopic (exact) mass is 273 g/mol. The first-order chi connectivity index (χ1) is 7.02. The molecule has 0 unspecified atom stereocenters. The zero-order valence-electron chi connectivity index (χ0n) is 7.24. The molecule has 2 rings (SSSR count). The molecule has 0 aromatic carbocycles. The highest BCUT2D eigenvalue weighted by Gasteiger charge is 2.18. The van der Waals surface area contributed by atoms with E-state index in [1.54, 1.807) is 0 Å². The number of rotatable bonds is 1.